The molecular weight excluding hydrogens is 266 g/mol. The van der Waals surface area contributed by atoms with Gasteiger partial charge in [0.2, 0.25) is 0 Å². The van der Waals surface area contributed by atoms with Crippen LogP contribution in [-0.4, -0.2) is 38.4 Å². The summed E-state index contributed by atoms with van der Waals surface area (Å²) in [6.45, 7) is 1.70. The Kier molecular flexibility index (Phi) is 3.60. The third-order valence-electron chi connectivity index (χ3n) is 2.90. The average molecular weight is 279 g/mol. The van der Waals surface area contributed by atoms with E-state index < -0.39 is 11.9 Å². The lowest BCUT2D eigenvalue weighted by Crippen LogP contribution is -2.12. The summed E-state index contributed by atoms with van der Waals surface area (Å²) in [7, 11) is 3.87. The van der Waals surface area contributed by atoms with Crippen molar-refractivity contribution in [1.82, 2.24) is 5.16 Å². The second-order valence-corrected chi connectivity index (χ2v) is 3.96. The molecule has 0 fully saturated rings. The number of fused-ring (bicyclic) bond motifs is 1. The van der Waals surface area contributed by atoms with E-state index in [1.54, 1.807) is 6.92 Å². The molecule has 0 saturated heterocycles. The fourth-order valence-electron chi connectivity index (χ4n) is 1.96. The molecule has 1 heterocycles. The molecule has 0 bridgehead atoms. The van der Waals surface area contributed by atoms with Crippen LogP contribution in [0.1, 0.15) is 26.4 Å². The largest absolute Gasteiger partial charge is 0.496 e. The van der Waals surface area contributed by atoms with Crippen molar-refractivity contribution in [3.05, 3.63) is 22.9 Å². The summed E-state index contributed by atoms with van der Waals surface area (Å²) in [4.78, 5) is 23.7. The van der Waals surface area contributed by atoms with Gasteiger partial charge in [-0.2, -0.15) is 0 Å². The summed E-state index contributed by atoms with van der Waals surface area (Å²) in [5.74, 6) is -1.04. The molecule has 0 aliphatic carbocycles. The predicted molar refractivity (Wildman–Crippen MR) is 68.0 cm³/mol. The molecule has 0 amide bonds. The first-order valence-corrected chi connectivity index (χ1v) is 5.68. The molecular formula is C13H13NO6. The van der Waals surface area contributed by atoms with E-state index in [2.05, 4.69) is 14.6 Å². The third kappa shape index (κ3) is 1.97. The van der Waals surface area contributed by atoms with Gasteiger partial charge in [-0.25, -0.2) is 9.59 Å². The number of hydrogen-bond donors (Lipinski definition) is 0. The van der Waals surface area contributed by atoms with Gasteiger partial charge in [0.15, 0.2) is 5.58 Å². The van der Waals surface area contributed by atoms with Crippen molar-refractivity contribution < 1.29 is 28.3 Å². The highest BCUT2D eigenvalue weighted by molar-refractivity contribution is 6.12. The number of hydrogen-bond acceptors (Lipinski definition) is 7. The second-order valence-electron chi connectivity index (χ2n) is 3.96. The number of carbonyl (C=O) groups is 2. The van der Waals surface area contributed by atoms with Gasteiger partial charge in [0.05, 0.1) is 38.0 Å². The fraction of sp³-hybridized carbons (Fsp3) is 0.308. The fourth-order valence-corrected chi connectivity index (χ4v) is 1.96. The number of ether oxygens (including phenoxy) is 3. The first kappa shape index (κ1) is 13.9. The number of carbonyl (C=O) groups excluding carboxylic acids is 2. The molecule has 0 unspecified atom stereocenters. The zero-order valence-electron chi connectivity index (χ0n) is 11.5. The molecule has 2 aromatic rings. The zero-order chi connectivity index (χ0) is 14.9. The summed E-state index contributed by atoms with van der Waals surface area (Å²) in [6, 6.07) is 1.41. The number of benzene rings is 1. The van der Waals surface area contributed by atoms with E-state index in [0.717, 1.165) is 0 Å². The van der Waals surface area contributed by atoms with Crippen molar-refractivity contribution in [2.75, 3.05) is 21.3 Å². The van der Waals surface area contributed by atoms with E-state index in [4.69, 9.17) is 9.26 Å². The standard InChI is InChI=1S/C13H13NO6/c1-6-9-8(17-2)5-7(12(15)18-3)10(13(16)19-4)11(9)20-14-6/h5H,1-4H3. The van der Waals surface area contributed by atoms with E-state index in [0.29, 0.717) is 16.8 Å². The molecule has 0 radical (unpaired) electrons. The Morgan fingerprint density at radius 1 is 1.15 bits per heavy atom. The van der Waals surface area contributed by atoms with Gasteiger partial charge >= 0.3 is 11.9 Å². The molecule has 7 heteroatoms. The zero-order valence-corrected chi connectivity index (χ0v) is 11.5. The molecule has 7 nitrogen and oxygen atoms in total. The maximum absolute atomic E-state index is 11.9. The maximum Gasteiger partial charge on any atom is 0.342 e. The Bertz CT molecular complexity index is 688. The second kappa shape index (κ2) is 5.20. The number of methoxy groups -OCH3 is 3. The van der Waals surface area contributed by atoms with E-state index >= 15 is 0 Å². The third-order valence-corrected chi connectivity index (χ3v) is 2.90. The minimum absolute atomic E-state index is 0.000139. The minimum Gasteiger partial charge on any atom is -0.496 e. The van der Waals surface area contributed by atoms with Gasteiger partial charge in [-0.1, -0.05) is 5.16 Å². The van der Waals surface area contributed by atoms with E-state index in [1.807, 2.05) is 0 Å². The van der Waals surface area contributed by atoms with Crippen molar-refractivity contribution in [2.24, 2.45) is 0 Å². The number of aromatic nitrogens is 1. The lowest BCUT2D eigenvalue weighted by molar-refractivity contribution is 0.0555. The van der Waals surface area contributed by atoms with Gasteiger partial charge < -0.3 is 18.7 Å². The van der Waals surface area contributed by atoms with Crippen LogP contribution in [0.2, 0.25) is 0 Å². The van der Waals surface area contributed by atoms with Gasteiger partial charge in [-0.3, -0.25) is 0 Å². The molecule has 0 N–H and O–H groups in total. The topological polar surface area (TPSA) is 87.9 Å². The van der Waals surface area contributed by atoms with Gasteiger partial charge in [0.25, 0.3) is 0 Å². The molecule has 20 heavy (non-hydrogen) atoms. The van der Waals surface area contributed by atoms with Crippen molar-refractivity contribution in [2.45, 2.75) is 6.92 Å². The number of aryl methyl sites for hydroxylation is 1. The van der Waals surface area contributed by atoms with Crippen molar-refractivity contribution in [3.63, 3.8) is 0 Å². The maximum atomic E-state index is 11.9. The Hall–Kier alpha value is -2.57. The van der Waals surface area contributed by atoms with Crippen LogP contribution in [0.25, 0.3) is 11.0 Å². The van der Waals surface area contributed by atoms with Crippen LogP contribution in [0, 0.1) is 6.92 Å². The summed E-state index contributed by atoms with van der Waals surface area (Å²) >= 11 is 0. The monoisotopic (exact) mass is 279 g/mol. The highest BCUT2D eigenvalue weighted by Crippen LogP contribution is 2.34. The Morgan fingerprint density at radius 3 is 2.35 bits per heavy atom. The minimum atomic E-state index is -0.714. The SMILES string of the molecule is COC(=O)c1cc(OC)c2c(C)noc2c1C(=O)OC. The summed E-state index contributed by atoms with van der Waals surface area (Å²) in [5.41, 5.74) is 0.642. The van der Waals surface area contributed by atoms with Crippen LogP contribution >= 0.6 is 0 Å². The van der Waals surface area contributed by atoms with Gasteiger partial charge in [-0.05, 0) is 13.0 Å². The van der Waals surface area contributed by atoms with Crippen LogP contribution in [0.3, 0.4) is 0 Å². The number of esters is 2. The predicted octanol–water partition coefficient (Wildman–Crippen LogP) is 1.72. The average Bonchev–Trinajstić information content (AvgIpc) is 2.86. The van der Waals surface area contributed by atoms with Crippen molar-refractivity contribution >= 4 is 22.9 Å². The van der Waals surface area contributed by atoms with Crippen LogP contribution in [0.5, 0.6) is 5.75 Å². The molecule has 1 aromatic heterocycles. The van der Waals surface area contributed by atoms with Crippen LogP contribution in [-0.2, 0) is 9.47 Å². The normalized spacial score (nSPS) is 10.4. The smallest absolute Gasteiger partial charge is 0.342 e. The van der Waals surface area contributed by atoms with E-state index in [1.165, 1.54) is 27.4 Å². The molecule has 0 aliphatic heterocycles. The van der Waals surface area contributed by atoms with Gasteiger partial charge in [0, 0.05) is 0 Å². The quantitative estimate of drug-likeness (QED) is 0.790. The number of nitrogens with zero attached hydrogens (tertiary/aromatic N) is 1. The van der Waals surface area contributed by atoms with Crippen LogP contribution in [0.15, 0.2) is 10.6 Å². The summed E-state index contributed by atoms with van der Waals surface area (Å²) in [6.07, 6.45) is 0. The highest BCUT2D eigenvalue weighted by Gasteiger charge is 2.28. The van der Waals surface area contributed by atoms with Crippen molar-refractivity contribution in [3.8, 4) is 5.75 Å². The molecule has 0 saturated carbocycles. The molecule has 0 atom stereocenters. The first-order chi connectivity index (χ1) is 9.54. The highest BCUT2D eigenvalue weighted by atomic mass is 16.5. The lowest BCUT2D eigenvalue weighted by Gasteiger charge is -2.09. The summed E-state index contributed by atoms with van der Waals surface area (Å²) < 4.78 is 19.7. The van der Waals surface area contributed by atoms with Gasteiger partial charge in [0.1, 0.15) is 11.3 Å². The number of rotatable bonds is 3. The van der Waals surface area contributed by atoms with Crippen LogP contribution in [0.4, 0.5) is 0 Å². The van der Waals surface area contributed by atoms with E-state index in [-0.39, 0.29) is 16.7 Å². The molecule has 0 aliphatic rings. The molecule has 1 aromatic carbocycles. The molecule has 106 valence electrons. The Balaban J connectivity index is 2.90. The van der Waals surface area contributed by atoms with Crippen molar-refractivity contribution in [1.29, 1.82) is 0 Å². The first-order valence-electron chi connectivity index (χ1n) is 5.68. The Labute approximate surface area is 114 Å². The lowest BCUT2D eigenvalue weighted by atomic mass is 10.0. The Morgan fingerprint density at radius 2 is 1.80 bits per heavy atom. The molecule has 0 spiro atoms. The van der Waals surface area contributed by atoms with E-state index in [9.17, 15) is 9.59 Å². The summed E-state index contributed by atoms with van der Waals surface area (Å²) in [5, 5.41) is 4.31. The van der Waals surface area contributed by atoms with Gasteiger partial charge in [-0.15, -0.1) is 0 Å². The van der Waals surface area contributed by atoms with Crippen LogP contribution < -0.4 is 4.74 Å². The molecule has 2 rings (SSSR count).